The minimum Gasteiger partial charge on any atom is -0.398 e. The van der Waals surface area contributed by atoms with Gasteiger partial charge in [0.25, 0.3) is 5.91 Å². The smallest absolute Gasteiger partial charge is 0.255 e. The Bertz CT molecular complexity index is 476. The molecule has 0 spiro atoms. The number of hydrogen-bond acceptors (Lipinski definition) is 3. The molecule has 1 amide bonds. The minimum absolute atomic E-state index is 0.0124. The molecular formula is C14H20ClN3O. The zero-order chi connectivity index (χ0) is 14.0. The molecule has 1 heterocycles. The Morgan fingerprint density at radius 3 is 2.95 bits per heavy atom. The second-order valence-corrected chi connectivity index (χ2v) is 5.64. The molecule has 0 saturated carbocycles. The number of likely N-dealkylation sites (tertiary alicyclic amines) is 1. The van der Waals surface area contributed by atoms with Gasteiger partial charge in [-0.25, -0.2) is 0 Å². The highest BCUT2D eigenvalue weighted by molar-refractivity contribution is 6.36. The highest BCUT2D eigenvalue weighted by Gasteiger charge is 2.30. The molecule has 4 nitrogen and oxygen atoms in total. The topological polar surface area (TPSA) is 49.6 Å². The van der Waals surface area contributed by atoms with Crippen molar-refractivity contribution in [2.45, 2.75) is 18.9 Å². The van der Waals surface area contributed by atoms with Gasteiger partial charge in [-0.3, -0.25) is 4.79 Å². The molecule has 19 heavy (non-hydrogen) atoms. The van der Waals surface area contributed by atoms with E-state index in [1.807, 2.05) is 19.0 Å². The lowest BCUT2D eigenvalue weighted by molar-refractivity contribution is 0.0716. The van der Waals surface area contributed by atoms with Crippen LogP contribution >= 0.6 is 11.6 Å². The number of anilines is 1. The van der Waals surface area contributed by atoms with Gasteiger partial charge < -0.3 is 15.5 Å². The molecule has 1 aromatic rings. The molecule has 1 fully saturated rings. The number of rotatable bonds is 3. The molecule has 0 aromatic heterocycles. The summed E-state index contributed by atoms with van der Waals surface area (Å²) >= 11 is 6.14. The lowest BCUT2D eigenvalue weighted by Gasteiger charge is -2.27. The maximum atomic E-state index is 12.6. The lowest BCUT2D eigenvalue weighted by Crippen LogP contribution is -2.41. The Morgan fingerprint density at radius 1 is 1.53 bits per heavy atom. The third-order valence-electron chi connectivity index (χ3n) is 3.47. The first-order valence-corrected chi connectivity index (χ1v) is 6.88. The van der Waals surface area contributed by atoms with E-state index in [-0.39, 0.29) is 11.9 Å². The van der Waals surface area contributed by atoms with Gasteiger partial charge in [0.15, 0.2) is 0 Å². The van der Waals surface area contributed by atoms with E-state index >= 15 is 0 Å². The first kappa shape index (κ1) is 14.2. The van der Waals surface area contributed by atoms with Gasteiger partial charge >= 0.3 is 0 Å². The molecule has 0 radical (unpaired) electrons. The highest BCUT2D eigenvalue weighted by Crippen LogP contribution is 2.27. The van der Waals surface area contributed by atoms with Crippen LogP contribution < -0.4 is 5.73 Å². The first-order valence-electron chi connectivity index (χ1n) is 6.50. The van der Waals surface area contributed by atoms with Crippen molar-refractivity contribution in [1.29, 1.82) is 0 Å². The summed E-state index contributed by atoms with van der Waals surface area (Å²) < 4.78 is 0. The summed E-state index contributed by atoms with van der Waals surface area (Å²) in [6.45, 7) is 1.67. The Hall–Kier alpha value is -1.26. The standard InChI is InChI=1S/C14H20ClN3O/c1-17(2)9-10-5-4-8-18(10)14(19)11-6-3-7-12(16)13(11)15/h3,6-7,10H,4-5,8-9,16H2,1-2H3. The van der Waals surface area contributed by atoms with Gasteiger partial charge in [-0.2, -0.15) is 0 Å². The molecule has 1 aliphatic heterocycles. The number of halogens is 1. The molecule has 5 heteroatoms. The fraction of sp³-hybridized carbons (Fsp3) is 0.500. The third kappa shape index (κ3) is 3.01. The van der Waals surface area contributed by atoms with Crippen LogP contribution in [0.2, 0.25) is 5.02 Å². The largest absolute Gasteiger partial charge is 0.398 e. The predicted octanol–water partition coefficient (Wildman–Crippen LogP) is 2.09. The van der Waals surface area contributed by atoms with Crippen LogP contribution in [0.25, 0.3) is 0 Å². The highest BCUT2D eigenvalue weighted by atomic mass is 35.5. The van der Waals surface area contributed by atoms with Crippen LogP contribution in [0.15, 0.2) is 18.2 Å². The number of nitrogens with two attached hydrogens (primary N) is 1. The Labute approximate surface area is 119 Å². The molecule has 0 bridgehead atoms. The van der Waals surface area contributed by atoms with Crippen LogP contribution in [0.1, 0.15) is 23.2 Å². The fourth-order valence-corrected chi connectivity index (χ4v) is 2.79. The lowest BCUT2D eigenvalue weighted by atomic mass is 10.1. The minimum atomic E-state index is -0.0124. The van der Waals surface area contributed by atoms with E-state index in [1.54, 1.807) is 18.2 Å². The number of carbonyl (C=O) groups excluding carboxylic acids is 1. The molecule has 1 aliphatic rings. The number of amides is 1. The second kappa shape index (κ2) is 5.80. The zero-order valence-electron chi connectivity index (χ0n) is 11.4. The molecule has 1 atom stereocenters. The van der Waals surface area contributed by atoms with E-state index in [2.05, 4.69) is 4.90 Å². The predicted molar refractivity (Wildman–Crippen MR) is 78.5 cm³/mol. The molecule has 2 rings (SSSR count). The number of nitrogens with zero attached hydrogens (tertiary/aromatic N) is 2. The van der Waals surface area contributed by atoms with Gasteiger partial charge in [0, 0.05) is 19.1 Å². The summed E-state index contributed by atoms with van der Waals surface area (Å²) in [6.07, 6.45) is 2.09. The van der Waals surface area contributed by atoms with Crippen molar-refractivity contribution in [3.05, 3.63) is 28.8 Å². The van der Waals surface area contributed by atoms with E-state index in [1.165, 1.54) is 0 Å². The van der Waals surface area contributed by atoms with E-state index < -0.39 is 0 Å². The number of hydrogen-bond donors (Lipinski definition) is 1. The van der Waals surface area contributed by atoms with Crippen molar-refractivity contribution in [1.82, 2.24) is 9.80 Å². The van der Waals surface area contributed by atoms with Crippen LogP contribution in [-0.2, 0) is 0 Å². The van der Waals surface area contributed by atoms with E-state index in [9.17, 15) is 4.79 Å². The Morgan fingerprint density at radius 2 is 2.26 bits per heavy atom. The molecule has 1 saturated heterocycles. The quantitative estimate of drug-likeness (QED) is 0.863. The summed E-state index contributed by atoms with van der Waals surface area (Å²) in [5.74, 6) is -0.0124. The zero-order valence-corrected chi connectivity index (χ0v) is 12.2. The van der Waals surface area contributed by atoms with E-state index in [0.717, 1.165) is 25.9 Å². The van der Waals surface area contributed by atoms with Gasteiger partial charge in [0.1, 0.15) is 0 Å². The average molecular weight is 282 g/mol. The van der Waals surface area contributed by atoms with Crippen LogP contribution in [0.4, 0.5) is 5.69 Å². The van der Waals surface area contributed by atoms with Gasteiger partial charge in [-0.05, 0) is 39.1 Å². The van der Waals surface area contributed by atoms with Gasteiger partial charge in [0.2, 0.25) is 0 Å². The van der Waals surface area contributed by atoms with Crippen LogP contribution in [-0.4, -0.2) is 48.9 Å². The molecular weight excluding hydrogens is 262 g/mol. The van der Waals surface area contributed by atoms with Crippen molar-refractivity contribution in [3.63, 3.8) is 0 Å². The molecule has 104 valence electrons. The van der Waals surface area contributed by atoms with E-state index in [0.29, 0.717) is 16.3 Å². The van der Waals surface area contributed by atoms with Crippen molar-refractivity contribution in [2.24, 2.45) is 0 Å². The summed E-state index contributed by atoms with van der Waals surface area (Å²) in [4.78, 5) is 16.6. The van der Waals surface area contributed by atoms with Crippen LogP contribution in [0.5, 0.6) is 0 Å². The number of likely N-dealkylation sites (N-methyl/N-ethyl adjacent to an activating group) is 1. The maximum absolute atomic E-state index is 12.6. The molecule has 0 aliphatic carbocycles. The van der Waals surface area contributed by atoms with Crippen molar-refractivity contribution < 1.29 is 4.79 Å². The van der Waals surface area contributed by atoms with Crippen LogP contribution in [0, 0.1) is 0 Å². The van der Waals surface area contributed by atoms with E-state index in [4.69, 9.17) is 17.3 Å². The molecule has 2 N–H and O–H groups in total. The maximum Gasteiger partial charge on any atom is 0.255 e. The average Bonchev–Trinajstić information content (AvgIpc) is 2.79. The number of benzene rings is 1. The van der Waals surface area contributed by atoms with Crippen molar-refractivity contribution >= 4 is 23.2 Å². The molecule has 1 unspecified atom stereocenters. The Balaban J connectivity index is 2.21. The van der Waals surface area contributed by atoms with Crippen molar-refractivity contribution in [2.75, 3.05) is 32.9 Å². The summed E-state index contributed by atoms with van der Waals surface area (Å²) in [5, 5.41) is 0.364. The Kier molecular flexibility index (Phi) is 4.32. The number of carbonyl (C=O) groups is 1. The van der Waals surface area contributed by atoms with Crippen LogP contribution in [0.3, 0.4) is 0 Å². The van der Waals surface area contributed by atoms with Gasteiger partial charge in [0.05, 0.1) is 16.3 Å². The van der Waals surface area contributed by atoms with Gasteiger partial charge in [-0.1, -0.05) is 17.7 Å². The molecule has 1 aromatic carbocycles. The number of nitrogen functional groups attached to an aromatic ring is 1. The van der Waals surface area contributed by atoms with Gasteiger partial charge in [-0.15, -0.1) is 0 Å². The summed E-state index contributed by atoms with van der Waals surface area (Å²) in [7, 11) is 4.04. The summed E-state index contributed by atoms with van der Waals surface area (Å²) in [6, 6.07) is 5.48. The SMILES string of the molecule is CN(C)CC1CCCN1C(=O)c1cccc(N)c1Cl. The third-order valence-corrected chi connectivity index (χ3v) is 3.89. The monoisotopic (exact) mass is 281 g/mol. The first-order chi connectivity index (χ1) is 9.00. The van der Waals surface area contributed by atoms with Crippen molar-refractivity contribution in [3.8, 4) is 0 Å². The second-order valence-electron chi connectivity index (χ2n) is 5.27. The normalized spacial score (nSPS) is 19.2. The fourth-order valence-electron chi connectivity index (χ4n) is 2.58. The summed E-state index contributed by atoms with van der Waals surface area (Å²) in [5.41, 5.74) is 6.72.